The van der Waals surface area contributed by atoms with E-state index in [1.165, 1.54) is 0 Å². The van der Waals surface area contributed by atoms with E-state index in [1.807, 2.05) is 48.3 Å². The number of fused-ring (bicyclic) bond motifs is 1. The second-order valence-corrected chi connectivity index (χ2v) is 7.32. The van der Waals surface area contributed by atoms with E-state index in [-0.39, 0.29) is 11.9 Å². The molecule has 0 unspecified atom stereocenters. The first kappa shape index (κ1) is 17.5. The molecule has 4 rings (SSSR count). The summed E-state index contributed by atoms with van der Waals surface area (Å²) in [7, 11) is 4.01. The maximum atomic E-state index is 13.0. The average molecular weight is 363 g/mol. The van der Waals surface area contributed by atoms with Crippen LogP contribution in [0.1, 0.15) is 36.6 Å². The molecule has 1 atom stereocenters. The molecule has 0 N–H and O–H groups in total. The minimum Gasteiger partial charge on any atom is -0.361 e. The molecular weight excluding hydrogens is 338 g/mol. The van der Waals surface area contributed by atoms with Crippen molar-refractivity contribution in [3.8, 4) is 0 Å². The number of carbonyl (C=O) groups is 1. The average Bonchev–Trinajstić information content (AvgIpc) is 3.16. The number of carbonyl (C=O) groups excluding carboxylic acids is 1. The summed E-state index contributed by atoms with van der Waals surface area (Å²) < 4.78 is 2.11. The van der Waals surface area contributed by atoms with Crippen LogP contribution in [-0.2, 0) is 11.2 Å². The molecule has 0 radical (unpaired) electrons. The molecule has 3 aromatic rings. The molecule has 0 aromatic carbocycles. The van der Waals surface area contributed by atoms with Gasteiger partial charge in [-0.1, -0.05) is 6.07 Å². The van der Waals surface area contributed by atoms with Crippen LogP contribution in [-0.4, -0.2) is 45.8 Å². The molecular formula is C21H25N5O. The molecule has 0 bridgehead atoms. The highest BCUT2D eigenvalue weighted by Gasteiger charge is 2.30. The Bertz CT molecular complexity index is 934. The molecule has 3 aromatic heterocycles. The van der Waals surface area contributed by atoms with E-state index >= 15 is 0 Å². The molecule has 1 aliphatic heterocycles. The Morgan fingerprint density at radius 1 is 1.26 bits per heavy atom. The summed E-state index contributed by atoms with van der Waals surface area (Å²) in [6.07, 6.45) is 11.1. The number of hydrogen-bond donors (Lipinski definition) is 0. The first-order valence-corrected chi connectivity index (χ1v) is 9.47. The molecule has 6 nitrogen and oxygen atoms in total. The summed E-state index contributed by atoms with van der Waals surface area (Å²) in [5, 5.41) is 0. The van der Waals surface area contributed by atoms with E-state index in [1.54, 1.807) is 12.4 Å². The standard InChI is InChI=1S/C21H25N5O/c1-24(2)21-19-9-6-11-25(19)15-17(23-21)18-8-3-4-12-26(18)20(27)13-16-7-5-10-22-14-16/h5-7,9-11,14-15,18H,3-4,8,12-13H2,1-2H3/t18-/m1/s1. The van der Waals surface area contributed by atoms with Crippen molar-refractivity contribution in [2.45, 2.75) is 31.7 Å². The molecule has 0 saturated carbocycles. The van der Waals surface area contributed by atoms with Gasteiger partial charge in [0.15, 0.2) is 5.82 Å². The normalized spacial score (nSPS) is 17.3. The lowest BCUT2D eigenvalue weighted by Crippen LogP contribution is -2.40. The third kappa shape index (κ3) is 3.52. The summed E-state index contributed by atoms with van der Waals surface area (Å²) >= 11 is 0. The second kappa shape index (κ2) is 7.39. The number of likely N-dealkylation sites (tertiary alicyclic amines) is 1. The van der Waals surface area contributed by atoms with Crippen molar-refractivity contribution in [2.24, 2.45) is 0 Å². The third-order valence-electron chi connectivity index (χ3n) is 5.18. The monoisotopic (exact) mass is 363 g/mol. The minimum absolute atomic E-state index is 0.0217. The second-order valence-electron chi connectivity index (χ2n) is 7.32. The highest BCUT2D eigenvalue weighted by Crippen LogP contribution is 2.32. The summed E-state index contributed by atoms with van der Waals surface area (Å²) in [6.45, 7) is 0.784. The number of nitrogens with zero attached hydrogens (tertiary/aromatic N) is 5. The molecule has 4 heterocycles. The van der Waals surface area contributed by atoms with Crippen molar-refractivity contribution in [1.82, 2.24) is 19.3 Å². The zero-order valence-corrected chi connectivity index (χ0v) is 15.9. The molecule has 1 saturated heterocycles. The number of hydrogen-bond acceptors (Lipinski definition) is 4. The zero-order valence-electron chi connectivity index (χ0n) is 15.9. The SMILES string of the molecule is CN(C)c1nc([C@H]2CCCCN2C(=O)Cc2cccnc2)cn2cccc12. The molecule has 27 heavy (non-hydrogen) atoms. The lowest BCUT2D eigenvalue weighted by molar-refractivity contribution is -0.134. The Kier molecular flexibility index (Phi) is 4.79. The van der Waals surface area contributed by atoms with Gasteiger partial charge in [-0.3, -0.25) is 9.78 Å². The molecule has 140 valence electrons. The topological polar surface area (TPSA) is 53.7 Å². The fraction of sp³-hybridized carbons (Fsp3) is 0.381. The fourth-order valence-electron chi connectivity index (χ4n) is 3.85. The van der Waals surface area contributed by atoms with Crippen LogP contribution < -0.4 is 4.90 Å². The Morgan fingerprint density at radius 3 is 2.93 bits per heavy atom. The number of pyridine rings is 1. The predicted octanol–water partition coefficient (Wildman–Crippen LogP) is 3.09. The van der Waals surface area contributed by atoms with E-state index in [0.29, 0.717) is 6.42 Å². The first-order valence-electron chi connectivity index (χ1n) is 9.47. The predicted molar refractivity (Wildman–Crippen MR) is 106 cm³/mol. The zero-order chi connectivity index (χ0) is 18.8. The van der Waals surface area contributed by atoms with Gasteiger partial charge in [0, 0.05) is 45.4 Å². The van der Waals surface area contributed by atoms with Gasteiger partial charge in [-0.25, -0.2) is 4.98 Å². The van der Waals surface area contributed by atoms with Crippen molar-refractivity contribution in [3.63, 3.8) is 0 Å². The quantitative estimate of drug-likeness (QED) is 0.715. The Balaban J connectivity index is 1.66. The molecule has 0 spiro atoms. The van der Waals surface area contributed by atoms with Crippen LogP contribution in [0.25, 0.3) is 5.52 Å². The lowest BCUT2D eigenvalue weighted by atomic mass is 9.98. The van der Waals surface area contributed by atoms with E-state index in [0.717, 1.165) is 48.4 Å². The number of amides is 1. The maximum Gasteiger partial charge on any atom is 0.227 e. The number of aromatic nitrogens is 3. The summed E-state index contributed by atoms with van der Waals surface area (Å²) in [4.78, 5) is 26.1. The van der Waals surface area contributed by atoms with Gasteiger partial charge in [0.05, 0.1) is 23.7 Å². The van der Waals surface area contributed by atoms with Gasteiger partial charge in [0.25, 0.3) is 0 Å². The Labute approximate surface area is 159 Å². The van der Waals surface area contributed by atoms with Gasteiger partial charge in [-0.2, -0.15) is 0 Å². The Hall–Kier alpha value is -2.89. The van der Waals surface area contributed by atoms with Gasteiger partial charge >= 0.3 is 0 Å². The van der Waals surface area contributed by atoms with Gasteiger partial charge in [-0.15, -0.1) is 0 Å². The molecule has 1 fully saturated rings. The molecule has 6 heteroatoms. The van der Waals surface area contributed by atoms with Crippen molar-refractivity contribution in [1.29, 1.82) is 0 Å². The van der Waals surface area contributed by atoms with Crippen molar-refractivity contribution in [3.05, 3.63) is 60.3 Å². The third-order valence-corrected chi connectivity index (χ3v) is 5.18. The highest BCUT2D eigenvalue weighted by atomic mass is 16.2. The van der Waals surface area contributed by atoms with E-state index < -0.39 is 0 Å². The minimum atomic E-state index is 0.0217. The highest BCUT2D eigenvalue weighted by molar-refractivity contribution is 5.79. The van der Waals surface area contributed by atoms with Crippen molar-refractivity contribution >= 4 is 17.2 Å². The number of rotatable bonds is 4. The van der Waals surface area contributed by atoms with Gasteiger partial charge in [0.1, 0.15) is 0 Å². The van der Waals surface area contributed by atoms with Crippen LogP contribution in [0.15, 0.2) is 49.1 Å². The van der Waals surface area contributed by atoms with Gasteiger partial charge < -0.3 is 14.2 Å². The summed E-state index contributed by atoms with van der Waals surface area (Å²) in [6, 6.07) is 7.95. The maximum absolute atomic E-state index is 13.0. The van der Waals surface area contributed by atoms with Crippen LogP contribution in [0.2, 0.25) is 0 Å². The Morgan fingerprint density at radius 2 is 2.15 bits per heavy atom. The summed E-state index contributed by atoms with van der Waals surface area (Å²) in [5.74, 6) is 1.08. The first-order chi connectivity index (χ1) is 13.1. The van der Waals surface area contributed by atoms with Crippen LogP contribution in [0.4, 0.5) is 5.82 Å². The largest absolute Gasteiger partial charge is 0.361 e. The number of piperidine rings is 1. The van der Waals surface area contributed by atoms with Gasteiger partial charge in [0.2, 0.25) is 5.91 Å². The fourth-order valence-corrected chi connectivity index (χ4v) is 3.85. The smallest absolute Gasteiger partial charge is 0.227 e. The van der Waals surface area contributed by atoms with Crippen LogP contribution in [0.5, 0.6) is 0 Å². The van der Waals surface area contributed by atoms with Crippen LogP contribution in [0, 0.1) is 0 Å². The van der Waals surface area contributed by atoms with Crippen molar-refractivity contribution < 1.29 is 4.79 Å². The molecule has 1 aliphatic rings. The molecule has 1 amide bonds. The van der Waals surface area contributed by atoms with Gasteiger partial charge in [-0.05, 0) is 43.0 Å². The van der Waals surface area contributed by atoms with Crippen LogP contribution in [0.3, 0.4) is 0 Å². The lowest BCUT2D eigenvalue weighted by Gasteiger charge is -2.36. The van der Waals surface area contributed by atoms with E-state index in [9.17, 15) is 4.79 Å². The molecule has 0 aliphatic carbocycles. The van der Waals surface area contributed by atoms with Crippen LogP contribution >= 0.6 is 0 Å². The number of anilines is 1. The van der Waals surface area contributed by atoms with E-state index in [2.05, 4.69) is 21.6 Å². The summed E-state index contributed by atoms with van der Waals surface area (Å²) in [5.41, 5.74) is 2.99. The van der Waals surface area contributed by atoms with Crippen molar-refractivity contribution in [2.75, 3.05) is 25.5 Å². The van der Waals surface area contributed by atoms with E-state index in [4.69, 9.17) is 4.98 Å².